The molecule has 106 valence electrons. The van der Waals surface area contributed by atoms with Crippen LogP contribution in [0.2, 0.25) is 5.02 Å². The van der Waals surface area contributed by atoms with Crippen LogP contribution in [0.3, 0.4) is 0 Å². The van der Waals surface area contributed by atoms with Crippen molar-refractivity contribution in [1.29, 1.82) is 0 Å². The Morgan fingerprint density at radius 1 is 1.37 bits per heavy atom. The summed E-state index contributed by atoms with van der Waals surface area (Å²) in [6, 6.07) is 4.36. The summed E-state index contributed by atoms with van der Waals surface area (Å²) in [6.45, 7) is 2.47. The van der Waals surface area contributed by atoms with E-state index < -0.39 is 4.92 Å². The van der Waals surface area contributed by atoms with Gasteiger partial charge >= 0.3 is 0 Å². The van der Waals surface area contributed by atoms with E-state index in [1.165, 1.54) is 12.1 Å². The lowest BCUT2D eigenvalue weighted by Gasteiger charge is -2.08. The fourth-order valence-corrected chi connectivity index (χ4v) is 1.64. The van der Waals surface area contributed by atoms with Crippen molar-refractivity contribution in [3.8, 4) is 0 Å². The van der Waals surface area contributed by atoms with Gasteiger partial charge in [-0.3, -0.25) is 10.1 Å². The molecule has 0 atom stereocenters. The van der Waals surface area contributed by atoms with E-state index in [1.807, 2.05) is 0 Å². The van der Waals surface area contributed by atoms with Gasteiger partial charge in [-0.05, 0) is 12.5 Å². The molecule has 0 saturated heterocycles. The van der Waals surface area contributed by atoms with Gasteiger partial charge < -0.3 is 14.8 Å². The van der Waals surface area contributed by atoms with Gasteiger partial charge in [0.25, 0.3) is 5.69 Å². The number of nitro benzene ring substituents is 1. The zero-order chi connectivity index (χ0) is 14.1. The van der Waals surface area contributed by atoms with Gasteiger partial charge in [0, 0.05) is 32.4 Å². The average molecular weight is 289 g/mol. The Balaban J connectivity index is 2.28. The monoisotopic (exact) mass is 288 g/mol. The highest BCUT2D eigenvalue weighted by atomic mass is 35.5. The molecule has 1 N–H and O–H groups in total. The Kier molecular flexibility index (Phi) is 7.17. The third kappa shape index (κ3) is 5.87. The molecule has 0 spiro atoms. The molecule has 6 nitrogen and oxygen atoms in total. The van der Waals surface area contributed by atoms with Gasteiger partial charge in [-0.2, -0.15) is 0 Å². The van der Waals surface area contributed by atoms with Crippen LogP contribution in [0, 0.1) is 10.1 Å². The Morgan fingerprint density at radius 3 is 2.79 bits per heavy atom. The van der Waals surface area contributed by atoms with Crippen molar-refractivity contribution >= 4 is 23.0 Å². The molecule has 7 heteroatoms. The first kappa shape index (κ1) is 15.7. The number of hydrogen-bond donors (Lipinski definition) is 1. The molecule has 0 bridgehead atoms. The maximum atomic E-state index is 10.5. The van der Waals surface area contributed by atoms with E-state index in [-0.39, 0.29) is 5.69 Å². The quantitative estimate of drug-likeness (QED) is 0.430. The molecule has 1 aromatic carbocycles. The van der Waals surface area contributed by atoms with Crippen molar-refractivity contribution in [3.05, 3.63) is 33.3 Å². The predicted octanol–water partition coefficient (Wildman–Crippen LogP) is 2.71. The number of ether oxygens (including phenoxy) is 2. The van der Waals surface area contributed by atoms with Gasteiger partial charge in [0.15, 0.2) is 0 Å². The lowest BCUT2D eigenvalue weighted by atomic mass is 10.2. The highest BCUT2D eigenvalue weighted by Gasteiger charge is 2.08. The number of nitrogens with zero attached hydrogens (tertiary/aromatic N) is 1. The first-order chi connectivity index (χ1) is 9.15. The molecular formula is C12H17ClN2O4. The number of hydrogen-bond acceptors (Lipinski definition) is 5. The first-order valence-electron chi connectivity index (χ1n) is 5.89. The van der Waals surface area contributed by atoms with Crippen LogP contribution in [-0.4, -0.2) is 38.4 Å². The molecule has 0 aliphatic carbocycles. The topological polar surface area (TPSA) is 73.6 Å². The molecule has 0 heterocycles. The largest absolute Gasteiger partial charge is 0.384 e. The van der Waals surface area contributed by atoms with E-state index in [2.05, 4.69) is 5.32 Å². The molecule has 0 aliphatic heterocycles. The number of methoxy groups -OCH3 is 1. The van der Waals surface area contributed by atoms with E-state index in [9.17, 15) is 10.1 Å². The number of halogens is 1. The third-order valence-corrected chi connectivity index (χ3v) is 2.69. The second-order valence-electron chi connectivity index (χ2n) is 3.81. The molecule has 0 unspecified atom stereocenters. The summed E-state index contributed by atoms with van der Waals surface area (Å²) >= 11 is 5.94. The molecule has 0 aliphatic rings. The van der Waals surface area contributed by atoms with Gasteiger partial charge in [0.1, 0.15) is 0 Å². The van der Waals surface area contributed by atoms with Crippen LogP contribution < -0.4 is 5.32 Å². The minimum absolute atomic E-state index is 0.0153. The molecule has 0 radical (unpaired) electrons. The minimum atomic E-state index is -0.473. The van der Waals surface area contributed by atoms with Crippen molar-refractivity contribution in [2.24, 2.45) is 0 Å². The Hall–Kier alpha value is -1.37. The van der Waals surface area contributed by atoms with Gasteiger partial charge in [0.05, 0.1) is 28.8 Å². The molecule has 0 amide bonds. The second-order valence-corrected chi connectivity index (χ2v) is 4.21. The van der Waals surface area contributed by atoms with Crippen molar-refractivity contribution < 1.29 is 14.4 Å². The van der Waals surface area contributed by atoms with E-state index in [4.69, 9.17) is 21.1 Å². The van der Waals surface area contributed by atoms with Gasteiger partial charge in [-0.15, -0.1) is 0 Å². The average Bonchev–Trinajstić information content (AvgIpc) is 2.39. The van der Waals surface area contributed by atoms with Gasteiger partial charge in [-0.25, -0.2) is 0 Å². The fourth-order valence-electron chi connectivity index (χ4n) is 1.40. The molecule has 1 aromatic rings. The van der Waals surface area contributed by atoms with Crippen molar-refractivity contribution in [2.45, 2.75) is 6.42 Å². The lowest BCUT2D eigenvalue weighted by molar-refractivity contribution is -0.384. The summed E-state index contributed by atoms with van der Waals surface area (Å²) in [5.74, 6) is 0. The van der Waals surface area contributed by atoms with E-state index in [0.29, 0.717) is 37.1 Å². The Labute approximate surface area is 116 Å². The number of anilines is 1. The zero-order valence-corrected chi connectivity index (χ0v) is 11.5. The summed E-state index contributed by atoms with van der Waals surface area (Å²) in [4.78, 5) is 10.1. The van der Waals surface area contributed by atoms with Gasteiger partial charge in [0.2, 0.25) is 0 Å². The Bertz CT molecular complexity index is 415. The van der Waals surface area contributed by atoms with Crippen LogP contribution in [0.1, 0.15) is 6.42 Å². The highest BCUT2D eigenvalue weighted by molar-refractivity contribution is 6.33. The van der Waals surface area contributed by atoms with Crippen molar-refractivity contribution in [1.82, 2.24) is 0 Å². The summed E-state index contributed by atoms with van der Waals surface area (Å²) in [5, 5.41) is 14.0. The number of nitro groups is 1. The second kappa shape index (κ2) is 8.68. The Morgan fingerprint density at radius 2 is 2.16 bits per heavy atom. The molecule has 0 aromatic heterocycles. The molecule has 19 heavy (non-hydrogen) atoms. The van der Waals surface area contributed by atoms with Crippen LogP contribution >= 0.6 is 11.6 Å². The fraction of sp³-hybridized carbons (Fsp3) is 0.500. The number of rotatable bonds is 9. The SMILES string of the molecule is COCCOCCCNc1ccc([N+](=O)[O-])cc1Cl. The molecule has 0 fully saturated rings. The van der Waals surface area contributed by atoms with Crippen LogP contribution in [0.4, 0.5) is 11.4 Å². The summed E-state index contributed by atoms with van der Waals surface area (Å²) < 4.78 is 10.2. The number of benzene rings is 1. The summed E-state index contributed by atoms with van der Waals surface area (Å²) in [6.07, 6.45) is 0.816. The molecule has 1 rings (SSSR count). The highest BCUT2D eigenvalue weighted by Crippen LogP contribution is 2.26. The van der Waals surface area contributed by atoms with E-state index >= 15 is 0 Å². The third-order valence-electron chi connectivity index (χ3n) is 2.38. The van der Waals surface area contributed by atoms with Crippen molar-refractivity contribution in [3.63, 3.8) is 0 Å². The van der Waals surface area contributed by atoms with Crippen molar-refractivity contribution in [2.75, 3.05) is 38.8 Å². The standard InChI is InChI=1S/C12H17ClN2O4/c1-18-7-8-19-6-2-5-14-12-4-3-10(15(16)17)9-11(12)13/h3-4,9,14H,2,5-8H2,1H3. The first-order valence-corrected chi connectivity index (χ1v) is 6.27. The van der Waals surface area contributed by atoms with E-state index in [1.54, 1.807) is 13.2 Å². The maximum Gasteiger partial charge on any atom is 0.271 e. The van der Waals surface area contributed by atoms with Crippen LogP contribution in [0.15, 0.2) is 18.2 Å². The number of non-ortho nitro benzene ring substituents is 1. The summed E-state index contributed by atoms with van der Waals surface area (Å²) in [7, 11) is 1.63. The summed E-state index contributed by atoms with van der Waals surface area (Å²) in [5.41, 5.74) is 0.669. The smallest absolute Gasteiger partial charge is 0.271 e. The van der Waals surface area contributed by atoms with Crippen LogP contribution in [0.5, 0.6) is 0 Å². The molecular weight excluding hydrogens is 272 g/mol. The maximum absolute atomic E-state index is 10.5. The lowest BCUT2D eigenvalue weighted by Crippen LogP contribution is -2.08. The van der Waals surface area contributed by atoms with Crippen LogP contribution in [0.25, 0.3) is 0 Å². The zero-order valence-electron chi connectivity index (χ0n) is 10.7. The van der Waals surface area contributed by atoms with E-state index in [0.717, 1.165) is 6.42 Å². The van der Waals surface area contributed by atoms with Gasteiger partial charge in [-0.1, -0.05) is 11.6 Å². The minimum Gasteiger partial charge on any atom is -0.384 e. The van der Waals surface area contributed by atoms with Crippen LogP contribution in [-0.2, 0) is 9.47 Å². The predicted molar refractivity (Wildman–Crippen MR) is 73.9 cm³/mol. The normalized spacial score (nSPS) is 10.4. The molecule has 0 saturated carbocycles. The number of nitrogens with one attached hydrogen (secondary N) is 1.